The third-order valence-electron chi connectivity index (χ3n) is 2.32. The Kier molecular flexibility index (Phi) is 4.25. The molecule has 0 saturated heterocycles. The lowest BCUT2D eigenvalue weighted by molar-refractivity contribution is 0.0589. The van der Waals surface area contributed by atoms with E-state index in [1.165, 1.54) is 17.0 Å². The topological polar surface area (TPSA) is 63.7 Å². The highest BCUT2D eigenvalue weighted by Gasteiger charge is 2.20. The van der Waals surface area contributed by atoms with Crippen molar-refractivity contribution in [2.45, 2.75) is 31.3 Å². The summed E-state index contributed by atoms with van der Waals surface area (Å²) in [5.74, 6) is 0. The quantitative estimate of drug-likeness (QED) is 0.837. The van der Waals surface area contributed by atoms with Crippen molar-refractivity contribution < 1.29 is 17.9 Å². The van der Waals surface area contributed by atoms with Gasteiger partial charge in [0.05, 0.1) is 4.90 Å². The molecular formula is C13H19NO4S. The lowest BCUT2D eigenvalue weighted by Crippen LogP contribution is -2.34. The maximum Gasteiger partial charge on any atom is 0.414 e. The van der Waals surface area contributed by atoms with Crippen molar-refractivity contribution in [2.75, 3.05) is 18.2 Å². The molecule has 0 aliphatic carbocycles. The molecule has 1 amide bonds. The van der Waals surface area contributed by atoms with E-state index in [2.05, 4.69) is 0 Å². The summed E-state index contributed by atoms with van der Waals surface area (Å²) in [7, 11) is -1.66. The van der Waals surface area contributed by atoms with Crippen molar-refractivity contribution in [1.82, 2.24) is 0 Å². The van der Waals surface area contributed by atoms with Crippen LogP contribution in [0.1, 0.15) is 20.8 Å². The van der Waals surface area contributed by atoms with Crippen LogP contribution < -0.4 is 4.90 Å². The molecule has 0 atom stereocenters. The van der Waals surface area contributed by atoms with E-state index in [0.29, 0.717) is 5.69 Å². The highest BCUT2D eigenvalue weighted by Crippen LogP contribution is 2.19. The number of sulfone groups is 1. The Hall–Kier alpha value is -1.56. The van der Waals surface area contributed by atoms with Crippen LogP contribution >= 0.6 is 0 Å². The SMILES string of the molecule is CN(C(=O)OC(C)(C)C)c1ccc(S(C)(=O)=O)cc1. The molecular weight excluding hydrogens is 266 g/mol. The van der Waals surface area contributed by atoms with Gasteiger partial charge in [0, 0.05) is 19.0 Å². The largest absolute Gasteiger partial charge is 0.443 e. The van der Waals surface area contributed by atoms with E-state index in [1.54, 1.807) is 40.0 Å². The first kappa shape index (κ1) is 15.5. The summed E-state index contributed by atoms with van der Waals surface area (Å²) in [6.07, 6.45) is 0.652. The fourth-order valence-electron chi connectivity index (χ4n) is 1.35. The minimum absolute atomic E-state index is 0.217. The fraction of sp³-hybridized carbons (Fsp3) is 0.462. The van der Waals surface area contributed by atoms with Crippen LogP contribution in [0.25, 0.3) is 0 Å². The van der Waals surface area contributed by atoms with Gasteiger partial charge in [0.1, 0.15) is 5.60 Å². The Morgan fingerprint density at radius 2 is 1.63 bits per heavy atom. The smallest absolute Gasteiger partial charge is 0.414 e. The van der Waals surface area contributed by atoms with E-state index in [9.17, 15) is 13.2 Å². The van der Waals surface area contributed by atoms with Crippen molar-refractivity contribution in [3.05, 3.63) is 24.3 Å². The normalized spacial score (nSPS) is 12.1. The van der Waals surface area contributed by atoms with Gasteiger partial charge in [0.25, 0.3) is 0 Å². The molecule has 0 unspecified atom stereocenters. The highest BCUT2D eigenvalue weighted by molar-refractivity contribution is 7.90. The van der Waals surface area contributed by atoms with Crippen LogP contribution in [-0.2, 0) is 14.6 Å². The zero-order valence-corrected chi connectivity index (χ0v) is 12.6. The molecule has 0 heterocycles. The Balaban J connectivity index is 2.90. The maximum absolute atomic E-state index is 11.8. The highest BCUT2D eigenvalue weighted by atomic mass is 32.2. The molecule has 0 fully saturated rings. The number of nitrogens with zero attached hydrogens (tertiary/aromatic N) is 1. The minimum Gasteiger partial charge on any atom is -0.443 e. The molecule has 0 saturated carbocycles. The van der Waals surface area contributed by atoms with Crippen LogP contribution in [0.5, 0.6) is 0 Å². The first-order valence-electron chi connectivity index (χ1n) is 5.77. The number of anilines is 1. The average molecular weight is 285 g/mol. The van der Waals surface area contributed by atoms with Crippen molar-refractivity contribution in [2.24, 2.45) is 0 Å². The summed E-state index contributed by atoms with van der Waals surface area (Å²) in [5.41, 5.74) is -0.000415. The van der Waals surface area contributed by atoms with Crippen LogP contribution in [0.2, 0.25) is 0 Å². The van der Waals surface area contributed by atoms with Crippen molar-refractivity contribution >= 4 is 21.6 Å². The molecule has 5 nitrogen and oxygen atoms in total. The van der Waals surface area contributed by atoms with Gasteiger partial charge in [0.15, 0.2) is 9.84 Å². The Morgan fingerprint density at radius 3 is 2.00 bits per heavy atom. The van der Waals surface area contributed by atoms with Crippen LogP contribution in [0.4, 0.5) is 10.5 Å². The summed E-state index contributed by atoms with van der Waals surface area (Å²) in [6.45, 7) is 5.35. The number of hydrogen-bond donors (Lipinski definition) is 0. The predicted molar refractivity (Wildman–Crippen MR) is 74.2 cm³/mol. The summed E-state index contributed by atoms with van der Waals surface area (Å²) in [4.78, 5) is 13.4. The van der Waals surface area contributed by atoms with E-state index in [1.807, 2.05) is 0 Å². The second kappa shape index (κ2) is 5.21. The number of ether oxygens (including phenoxy) is 1. The molecule has 19 heavy (non-hydrogen) atoms. The van der Waals surface area contributed by atoms with Crippen LogP contribution in [0.3, 0.4) is 0 Å². The van der Waals surface area contributed by atoms with Gasteiger partial charge in [0.2, 0.25) is 0 Å². The molecule has 1 aromatic rings. The number of carbonyl (C=O) groups excluding carboxylic acids is 1. The van der Waals surface area contributed by atoms with E-state index < -0.39 is 21.5 Å². The van der Waals surface area contributed by atoms with Crippen LogP contribution in [0.15, 0.2) is 29.2 Å². The van der Waals surface area contributed by atoms with Crippen molar-refractivity contribution in [3.63, 3.8) is 0 Å². The van der Waals surface area contributed by atoms with Crippen molar-refractivity contribution in [3.8, 4) is 0 Å². The number of carbonyl (C=O) groups is 1. The second-order valence-electron chi connectivity index (χ2n) is 5.31. The number of amides is 1. The van der Waals surface area contributed by atoms with Gasteiger partial charge in [-0.15, -0.1) is 0 Å². The standard InChI is InChI=1S/C13H19NO4S/c1-13(2,3)18-12(15)14(4)10-6-8-11(9-7-10)19(5,16)17/h6-9H,1-5H3. The van der Waals surface area contributed by atoms with Gasteiger partial charge >= 0.3 is 6.09 Å². The molecule has 6 heteroatoms. The average Bonchev–Trinajstić information content (AvgIpc) is 2.24. The molecule has 0 aliphatic rings. The Bertz CT molecular complexity index is 555. The third kappa shape index (κ3) is 4.55. The molecule has 0 spiro atoms. The van der Waals surface area contributed by atoms with Crippen molar-refractivity contribution in [1.29, 1.82) is 0 Å². The maximum atomic E-state index is 11.8. The lowest BCUT2D eigenvalue weighted by Gasteiger charge is -2.24. The van der Waals surface area contributed by atoms with E-state index in [-0.39, 0.29) is 4.90 Å². The van der Waals surface area contributed by atoms with Gasteiger partial charge in [-0.2, -0.15) is 0 Å². The Labute approximate surface area is 114 Å². The minimum atomic E-state index is -3.23. The second-order valence-corrected chi connectivity index (χ2v) is 7.32. The summed E-state index contributed by atoms with van der Waals surface area (Å²) >= 11 is 0. The summed E-state index contributed by atoms with van der Waals surface area (Å²) < 4.78 is 27.9. The Morgan fingerprint density at radius 1 is 1.16 bits per heavy atom. The van der Waals surface area contributed by atoms with Gasteiger partial charge in [-0.3, -0.25) is 4.90 Å². The monoisotopic (exact) mass is 285 g/mol. The molecule has 1 rings (SSSR count). The lowest BCUT2D eigenvalue weighted by atomic mass is 10.2. The molecule has 1 aromatic carbocycles. The first-order valence-corrected chi connectivity index (χ1v) is 7.67. The predicted octanol–water partition coefficient (Wildman–Crippen LogP) is 2.46. The molecule has 0 aromatic heterocycles. The fourth-order valence-corrected chi connectivity index (χ4v) is 1.98. The van der Waals surface area contributed by atoms with Crippen LogP contribution in [-0.4, -0.2) is 33.4 Å². The number of rotatable bonds is 2. The molecule has 0 radical (unpaired) electrons. The first-order chi connectivity index (χ1) is 8.50. The molecule has 0 bridgehead atoms. The molecule has 0 aliphatic heterocycles. The zero-order chi connectivity index (χ0) is 14.8. The number of benzene rings is 1. The zero-order valence-electron chi connectivity index (χ0n) is 11.8. The number of hydrogen-bond acceptors (Lipinski definition) is 4. The van der Waals surface area contributed by atoms with E-state index >= 15 is 0 Å². The van der Waals surface area contributed by atoms with Gasteiger partial charge in [-0.1, -0.05) is 0 Å². The van der Waals surface area contributed by atoms with Gasteiger partial charge in [-0.25, -0.2) is 13.2 Å². The third-order valence-corrected chi connectivity index (χ3v) is 3.45. The van der Waals surface area contributed by atoms with E-state index in [4.69, 9.17) is 4.74 Å². The molecule has 0 N–H and O–H groups in total. The van der Waals surface area contributed by atoms with E-state index in [0.717, 1.165) is 6.26 Å². The van der Waals surface area contributed by atoms with Gasteiger partial charge in [-0.05, 0) is 45.0 Å². The van der Waals surface area contributed by atoms with Gasteiger partial charge < -0.3 is 4.74 Å². The molecule has 106 valence electrons. The van der Waals surface area contributed by atoms with Crippen LogP contribution in [0, 0.1) is 0 Å². The summed E-state index contributed by atoms with van der Waals surface area (Å²) in [6, 6.07) is 6.07. The summed E-state index contributed by atoms with van der Waals surface area (Å²) in [5, 5.41) is 0.